The number of amides is 5. The highest BCUT2D eigenvalue weighted by molar-refractivity contribution is 6.07. The van der Waals surface area contributed by atoms with E-state index in [-0.39, 0.29) is 12.0 Å². The maximum Gasteiger partial charge on any atom is 0.407 e. The summed E-state index contributed by atoms with van der Waals surface area (Å²) in [5.41, 5.74) is -1.70. The van der Waals surface area contributed by atoms with Gasteiger partial charge in [-0.05, 0) is 91.9 Å². The van der Waals surface area contributed by atoms with Crippen molar-refractivity contribution >= 4 is 29.9 Å². The zero-order chi connectivity index (χ0) is 27.9. The van der Waals surface area contributed by atoms with E-state index in [1.165, 1.54) is 0 Å². The van der Waals surface area contributed by atoms with Crippen LogP contribution in [0.25, 0.3) is 0 Å². The number of hydrogen-bond acceptors (Lipinski definition) is 7. The van der Waals surface area contributed by atoms with Crippen LogP contribution in [0, 0.1) is 11.8 Å². The van der Waals surface area contributed by atoms with E-state index in [2.05, 4.69) is 21.3 Å². The number of ether oxygens (including phenoxy) is 2. The second-order valence-corrected chi connectivity index (χ2v) is 12.2. The topological polar surface area (TPSA) is 152 Å². The first-order chi connectivity index (χ1) is 17.1. The molecule has 37 heavy (non-hydrogen) atoms. The molecular formula is C26H44N4O7. The zero-order valence-electron chi connectivity index (χ0n) is 23.1. The Bertz CT molecular complexity index is 842. The highest BCUT2D eigenvalue weighted by atomic mass is 16.6. The van der Waals surface area contributed by atoms with E-state index >= 15 is 0 Å². The van der Waals surface area contributed by atoms with Crippen LogP contribution in [0.1, 0.15) is 92.9 Å². The van der Waals surface area contributed by atoms with Crippen molar-refractivity contribution in [2.24, 2.45) is 11.8 Å². The van der Waals surface area contributed by atoms with Crippen molar-refractivity contribution in [1.82, 2.24) is 21.3 Å². The van der Waals surface area contributed by atoms with Gasteiger partial charge in [-0.3, -0.25) is 14.9 Å². The lowest BCUT2D eigenvalue weighted by Gasteiger charge is -2.34. The molecule has 11 nitrogen and oxygen atoms in total. The molecule has 3 aliphatic rings. The van der Waals surface area contributed by atoms with Gasteiger partial charge in [0.2, 0.25) is 0 Å². The summed E-state index contributed by atoms with van der Waals surface area (Å²) in [6.07, 6.45) is 5.05. The van der Waals surface area contributed by atoms with E-state index in [1.807, 2.05) is 41.5 Å². The molecule has 1 spiro atoms. The number of nitrogens with one attached hydrogen (secondary N) is 4. The maximum atomic E-state index is 11.8. The Morgan fingerprint density at radius 3 is 1.62 bits per heavy atom. The number of carbonyl (C=O) groups excluding carboxylic acids is 5. The third-order valence-electron chi connectivity index (χ3n) is 6.50. The van der Waals surface area contributed by atoms with Crippen molar-refractivity contribution in [3.05, 3.63) is 0 Å². The minimum absolute atomic E-state index is 0.231. The summed E-state index contributed by atoms with van der Waals surface area (Å²) in [7, 11) is 0. The van der Waals surface area contributed by atoms with Crippen molar-refractivity contribution in [1.29, 1.82) is 0 Å². The average Bonchev–Trinajstić information content (AvgIpc) is 3.03. The van der Waals surface area contributed by atoms with E-state index in [4.69, 9.17) is 9.47 Å². The molecule has 11 heteroatoms. The summed E-state index contributed by atoms with van der Waals surface area (Å²) in [4.78, 5) is 57.0. The Kier molecular flexibility index (Phi) is 10.3. The quantitative estimate of drug-likeness (QED) is 0.410. The monoisotopic (exact) mass is 524 g/mol. The highest BCUT2D eigenvalue weighted by Gasteiger charge is 2.47. The molecule has 0 aromatic rings. The van der Waals surface area contributed by atoms with Gasteiger partial charge in [0.1, 0.15) is 22.5 Å². The third kappa shape index (κ3) is 11.0. The van der Waals surface area contributed by atoms with Crippen LogP contribution in [0.2, 0.25) is 0 Å². The fraction of sp³-hybridized carbons (Fsp3) is 0.808. The first-order valence-corrected chi connectivity index (χ1v) is 13.2. The molecule has 0 radical (unpaired) electrons. The van der Waals surface area contributed by atoms with Crippen LogP contribution < -0.4 is 21.3 Å². The minimum atomic E-state index is -0.737. The smallest absolute Gasteiger partial charge is 0.407 e. The largest absolute Gasteiger partial charge is 0.444 e. The molecule has 1 aliphatic heterocycles. The van der Waals surface area contributed by atoms with Crippen LogP contribution in [0.3, 0.4) is 0 Å². The summed E-state index contributed by atoms with van der Waals surface area (Å²) in [6, 6.07) is -0.412. The molecule has 0 unspecified atom stereocenters. The Balaban J connectivity index is 0.000000271. The molecule has 1 heterocycles. The van der Waals surface area contributed by atoms with E-state index in [0.717, 1.165) is 25.7 Å². The Labute approximate surface area is 219 Å². The van der Waals surface area contributed by atoms with Crippen LogP contribution in [0.5, 0.6) is 0 Å². The van der Waals surface area contributed by atoms with Crippen LogP contribution in [0.4, 0.5) is 14.4 Å². The molecule has 2 aliphatic carbocycles. The van der Waals surface area contributed by atoms with Gasteiger partial charge in [-0.1, -0.05) is 0 Å². The molecule has 3 fully saturated rings. The van der Waals surface area contributed by atoms with Gasteiger partial charge < -0.3 is 25.4 Å². The zero-order valence-corrected chi connectivity index (χ0v) is 23.1. The summed E-state index contributed by atoms with van der Waals surface area (Å²) >= 11 is 0. The van der Waals surface area contributed by atoms with Crippen LogP contribution >= 0.6 is 0 Å². The molecule has 0 atom stereocenters. The second kappa shape index (κ2) is 12.6. The Morgan fingerprint density at radius 2 is 1.24 bits per heavy atom. The van der Waals surface area contributed by atoms with Gasteiger partial charge in [0.15, 0.2) is 0 Å². The van der Waals surface area contributed by atoms with E-state index in [1.54, 1.807) is 0 Å². The predicted octanol–water partition coefficient (Wildman–Crippen LogP) is 3.55. The van der Waals surface area contributed by atoms with Crippen molar-refractivity contribution in [2.75, 3.05) is 13.1 Å². The Morgan fingerprint density at radius 1 is 0.811 bits per heavy atom. The summed E-state index contributed by atoms with van der Waals surface area (Å²) in [5.74, 6) is 0.832. The van der Waals surface area contributed by atoms with Gasteiger partial charge in [-0.25, -0.2) is 14.4 Å². The number of carbonyl (C=O) groups is 5. The molecule has 0 aromatic carbocycles. The molecule has 1 saturated heterocycles. The maximum absolute atomic E-state index is 11.8. The molecular weight excluding hydrogens is 480 g/mol. The number of ketones is 1. The van der Waals surface area contributed by atoms with E-state index in [9.17, 15) is 24.0 Å². The van der Waals surface area contributed by atoms with E-state index in [0.29, 0.717) is 56.4 Å². The SMILES string of the molecule is CC(C)(C)OC(=O)NCC1CCC(=O)CC1.CC(C)(C)OC(=O)NCC1CCC2(CC1)NC(=O)NC2=O. The summed E-state index contributed by atoms with van der Waals surface area (Å²) in [5, 5.41) is 10.5. The normalized spacial score (nSPS) is 24.4. The molecule has 3 rings (SSSR count). The molecule has 4 N–H and O–H groups in total. The Hall–Kier alpha value is -2.85. The van der Waals surface area contributed by atoms with Crippen molar-refractivity contribution in [3.8, 4) is 0 Å². The first kappa shape index (κ1) is 30.4. The van der Waals surface area contributed by atoms with Gasteiger partial charge >= 0.3 is 18.2 Å². The van der Waals surface area contributed by atoms with Crippen molar-refractivity contribution in [2.45, 2.75) is 110 Å². The lowest BCUT2D eigenvalue weighted by Crippen LogP contribution is -2.50. The number of imide groups is 1. The number of alkyl carbamates (subject to hydrolysis) is 2. The highest BCUT2D eigenvalue weighted by Crippen LogP contribution is 2.33. The predicted molar refractivity (Wildman–Crippen MR) is 137 cm³/mol. The molecule has 0 aromatic heterocycles. The summed E-state index contributed by atoms with van der Waals surface area (Å²) < 4.78 is 10.3. The fourth-order valence-corrected chi connectivity index (χ4v) is 4.54. The third-order valence-corrected chi connectivity index (χ3v) is 6.50. The lowest BCUT2D eigenvalue weighted by atomic mass is 9.76. The number of hydrogen-bond donors (Lipinski definition) is 4. The van der Waals surface area contributed by atoms with Gasteiger partial charge in [-0.2, -0.15) is 0 Å². The van der Waals surface area contributed by atoms with Crippen molar-refractivity contribution < 1.29 is 33.4 Å². The minimum Gasteiger partial charge on any atom is -0.444 e. The van der Waals surface area contributed by atoms with Crippen LogP contribution in [-0.4, -0.2) is 59.7 Å². The number of urea groups is 1. The number of Topliss-reactive ketones (excluding diaryl/α,β-unsaturated/α-hetero) is 1. The summed E-state index contributed by atoms with van der Waals surface area (Å²) in [6.45, 7) is 12.1. The second-order valence-electron chi connectivity index (χ2n) is 12.2. The first-order valence-electron chi connectivity index (χ1n) is 13.2. The molecule has 2 saturated carbocycles. The number of rotatable bonds is 4. The molecule has 5 amide bonds. The fourth-order valence-electron chi connectivity index (χ4n) is 4.54. The van der Waals surface area contributed by atoms with E-state index < -0.39 is 28.9 Å². The molecule has 0 bridgehead atoms. The van der Waals surface area contributed by atoms with Crippen LogP contribution in [-0.2, 0) is 19.1 Å². The average molecular weight is 525 g/mol. The van der Waals surface area contributed by atoms with Gasteiger partial charge in [0.25, 0.3) is 5.91 Å². The van der Waals surface area contributed by atoms with Gasteiger partial charge in [-0.15, -0.1) is 0 Å². The van der Waals surface area contributed by atoms with Gasteiger partial charge in [0.05, 0.1) is 0 Å². The lowest BCUT2D eigenvalue weighted by molar-refractivity contribution is -0.125. The molecule has 210 valence electrons. The standard InChI is InChI=1S/C14H23N3O4.C12H21NO3/c1-13(2,3)21-12(20)15-8-9-4-6-14(7-5-9)10(18)16-11(19)17-14;1-12(2,3)16-11(15)13-8-9-4-6-10(14)7-5-9/h9H,4-8H2,1-3H3,(H,15,20)(H2,16,17,18,19);9H,4-8H2,1-3H3,(H,13,15). The van der Waals surface area contributed by atoms with Gasteiger partial charge in [0, 0.05) is 25.9 Å². The van der Waals surface area contributed by atoms with Crippen LogP contribution in [0.15, 0.2) is 0 Å². The van der Waals surface area contributed by atoms with Crippen molar-refractivity contribution in [3.63, 3.8) is 0 Å².